The van der Waals surface area contributed by atoms with Crippen molar-refractivity contribution in [3.8, 4) is 0 Å². The molecule has 0 fully saturated rings. The summed E-state index contributed by atoms with van der Waals surface area (Å²) in [5, 5.41) is 17.7. The van der Waals surface area contributed by atoms with Crippen molar-refractivity contribution in [3.05, 3.63) is 0 Å². The van der Waals surface area contributed by atoms with Gasteiger partial charge in [0, 0.05) is 6.54 Å². The zero-order valence-corrected chi connectivity index (χ0v) is 9.41. The van der Waals surface area contributed by atoms with Crippen LogP contribution in [-0.4, -0.2) is 43.3 Å². The summed E-state index contributed by atoms with van der Waals surface area (Å²) < 4.78 is 26.4. The predicted molar refractivity (Wildman–Crippen MR) is 53.5 cm³/mol. The summed E-state index contributed by atoms with van der Waals surface area (Å²) >= 11 is 0. The Morgan fingerprint density at radius 1 is 1.47 bits per heavy atom. The van der Waals surface area contributed by atoms with Gasteiger partial charge in [0.1, 0.15) is 6.04 Å². The van der Waals surface area contributed by atoms with Crippen molar-refractivity contribution in [2.24, 2.45) is 0 Å². The average Bonchev–Trinajstić information content (AvgIpc) is 2.10. The Hall–Kier alpha value is -0.700. The second-order valence-corrected chi connectivity index (χ2v) is 4.60. The Labute approximate surface area is 88.7 Å². The number of hydrogen-bond acceptors (Lipinski definition) is 4. The third kappa shape index (κ3) is 5.67. The number of aliphatic carboxylic acids is 1. The van der Waals surface area contributed by atoms with Crippen LogP contribution in [0.15, 0.2) is 0 Å². The molecule has 0 saturated heterocycles. The second-order valence-electron chi connectivity index (χ2n) is 3.07. The van der Waals surface area contributed by atoms with E-state index in [1.54, 1.807) is 6.92 Å². The summed E-state index contributed by atoms with van der Waals surface area (Å²) in [6.07, 6.45) is -0.714. The van der Waals surface area contributed by atoms with Gasteiger partial charge in [-0.15, -0.1) is 0 Å². The van der Waals surface area contributed by atoms with Crippen LogP contribution in [0, 0.1) is 0 Å². The van der Waals surface area contributed by atoms with Gasteiger partial charge in [0.25, 0.3) is 10.2 Å². The van der Waals surface area contributed by atoms with Gasteiger partial charge in [0.05, 0.1) is 6.10 Å². The van der Waals surface area contributed by atoms with Crippen LogP contribution in [-0.2, 0) is 15.0 Å². The zero-order chi connectivity index (χ0) is 12.1. The molecule has 0 rings (SSSR count). The van der Waals surface area contributed by atoms with E-state index < -0.39 is 28.3 Å². The maximum Gasteiger partial charge on any atom is 0.324 e. The Morgan fingerprint density at radius 3 is 2.33 bits per heavy atom. The molecule has 2 atom stereocenters. The summed E-state index contributed by atoms with van der Waals surface area (Å²) in [7, 11) is -3.87. The first-order chi connectivity index (χ1) is 6.80. The van der Waals surface area contributed by atoms with Gasteiger partial charge in [0.2, 0.25) is 0 Å². The molecule has 0 radical (unpaired) electrons. The van der Waals surface area contributed by atoms with Crippen LogP contribution in [0.2, 0.25) is 0 Å². The van der Waals surface area contributed by atoms with Crippen molar-refractivity contribution in [3.63, 3.8) is 0 Å². The van der Waals surface area contributed by atoms with Gasteiger partial charge in [-0.3, -0.25) is 4.79 Å². The normalized spacial score (nSPS) is 15.9. The molecule has 0 aromatic heterocycles. The van der Waals surface area contributed by atoms with Gasteiger partial charge in [-0.05, 0) is 13.3 Å². The Bertz CT molecular complexity index is 301. The highest BCUT2D eigenvalue weighted by molar-refractivity contribution is 7.87. The van der Waals surface area contributed by atoms with E-state index in [1.807, 2.05) is 4.72 Å². The van der Waals surface area contributed by atoms with Crippen molar-refractivity contribution in [2.45, 2.75) is 32.4 Å². The van der Waals surface area contributed by atoms with Crippen LogP contribution < -0.4 is 9.44 Å². The first kappa shape index (κ1) is 14.3. The third-order valence-corrected chi connectivity index (χ3v) is 2.72. The van der Waals surface area contributed by atoms with Crippen LogP contribution >= 0.6 is 0 Å². The van der Waals surface area contributed by atoms with Crippen LogP contribution in [0.3, 0.4) is 0 Å². The van der Waals surface area contributed by atoms with E-state index >= 15 is 0 Å². The molecule has 0 heterocycles. The smallest absolute Gasteiger partial charge is 0.324 e. The van der Waals surface area contributed by atoms with Crippen LogP contribution in [0.5, 0.6) is 0 Å². The number of aliphatic hydroxyl groups is 1. The minimum Gasteiger partial charge on any atom is -0.480 e. The molecule has 0 aromatic carbocycles. The van der Waals surface area contributed by atoms with E-state index in [0.29, 0.717) is 6.42 Å². The van der Waals surface area contributed by atoms with Crippen molar-refractivity contribution in [2.75, 3.05) is 6.54 Å². The van der Waals surface area contributed by atoms with Crippen LogP contribution in [0.4, 0.5) is 0 Å². The van der Waals surface area contributed by atoms with E-state index in [2.05, 4.69) is 4.72 Å². The fraction of sp³-hybridized carbons (Fsp3) is 0.857. The second kappa shape index (κ2) is 6.01. The molecule has 0 aliphatic heterocycles. The highest BCUT2D eigenvalue weighted by atomic mass is 32.2. The monoisotopic (exact) mass is 240 g/mol. The number of nitrogens with one attached hydrogen (secondary N) is 2. The average molecular weight is 240 g/mol. The third-order valence-electron chi connectivity index (χ3n) is 1.57. The summed E-state index contributed by atoms with van der Waals surface area (Å²) in [5.74, 6) is -1.42. The SMILES string of the molecule is CCCNS(=O)(=O)N[C@H](C(=O)O)[C@@H](C)O. The maximum atomic E-state index is 11.2. The molecular formula is C7H16N2O5S. The molecule has 0 amide bonds. The number of hydrogen-bond donors (Lipinski definition) is 4. The Morgan fingerprint density at radius 2 is 2.00 bits per heavy atom. The largest absolute Gasteiger partial charge is 0.480 e. The minimum absolute atomic E-state index is 0.210. The van der Waals surface area contributed by atoms with Gasteiger partial charge in [-0.1, -0.05) is 6.92 Å². The molecule has 4 N–H and O–H groups in total. The highest BCUT2D eigenvalue weighted by Gasteiger charge is 2.27. The molecule has 0 bridgehead atoms. The van der Waals surface area contributed by atoms with E-state index in [9.17, 15) is 13.2 Å². The van der Waals surface area contributed by atoms with E-state index in [1.165, 1.54) is 6.92 Å². The first-order valence-electron chi connectivity index (χ1n) is 4.48. The minimum atomic E-state index is -3.87. The lowest BCUT2D eigenvalue weighted by molar-refractivity contribution is -0.141. The van der Waals surface area contributed by atoms with Gasteiger partial charge in [0.15, 0.2) is 0 Å². The summed E-state index contributed by atoms with van der Waals surface area (Å²) in [4.78, 5) is 10.6. The van der Waals surface area contributed by atoms with Gasteiger partial charge in [-0.25, -0.2) is 4.72 Å². The van der Waals surface area contributed by atoms with Gasteiger partial charge >= 0.3 is 5.97 Å². The molecule has 90 valence electrons. The lowest BCUT2D eigenvalue weighted by Crippen LogP contribution is -2.51. The zero-order valence-electron chi connectivity index (χ0n) is 8.60. The topological polar surface area (TPSA) is 116 Å². The molecule has 8 heteroatoms. The van der Waals surface area contributed by atoms with E-state index in [-0.39, 0.29) is 6.54 Å². The standard InChI is InChI=1S/C7H16N2O5S/c1-3-4-8-15(13,14)9-6(5(2)10)7(11)12/h5-6,8-10H,3-4H2,1-2H3,(H,11,12)/t5-,6+/m1/s1. The molecule has 0 saturated carbocycles. The molecule has 0 spiro atoms. The molecule has 0 aliphatic rings. The van der Waals surface area contributed by atoms with Crippen LogP contribution in [0.25, 0.3) is 0 Å². The van der Waals surface area contributed by atoms with Gasteiger partial charge < -0.3 is 10.2 Å². The fourth-order valence-corrected chi connectivity index (χ4v) is 1.99. The molecular weight excluding hydrogens is 224 g/mol. The fourth-order valence-electron chi connectivity index (χ4n) is 0.800. The lowest BCUT2D eigenvalue weighted by atomic mass is 10.2. The Kier molecular flexibility index (Phi) is 5.73. The molecule has 15 heavy (non-hydrogen) atoms. The van der Waals surface area contributed by atoms with Crippen molar-refractivity contribution in [1.29, 1.82) is 0 Å². The maximum absolute atomic E-state index is 11.2. The number of aliphatic hydroxyl groups excluding tert-OH is 1. The predicted octanol–water partition coefficient (Wildman–Crippen LogP) is -1.35. The lowest BCUT2D eigenvalue weighted by Gasteiger charge is -2.17. The summed E-state index contributed by atoms with van der Waals surface area (Å²) in [5.41, 5.74) is 0. The molecule has 0 aromatic rings. The quantitative estimate of drug-likeness (QED) is 0.439. The molecule has 7 nitrogen and oxygen atoms in total. The number of carboxylic acid groups (broad SMARTS) is 1. The van der Waals surface area contributed by atoms with Crippen molar-refractivity contribution >= 4 is 16.2 Å². The summed E-state index contributed by atoms with van der Waals surface area (Å²) in [6.45, 7) is 3.18. The number of carbonyl (C=O) groups is 1. The number of rotatable bonds is 7. The molecule has 0 aliphatic carbocycles. The van der Waals surface area contributed by atoms with E-state index in [0.717, 1.165) is 0 Å². The summed E-state index contributed by atoms with van der Waals surface area (Å²) in [6, 6.07) is -1.54. The highest BCUT2D eigenvalue weighted by Crippen LogP contribution is 1.95. The van der Waals surface area contributed by atoms with E-state index in [4.69, 9.17) is 10.2 Å². The van der Waals surface area contributed by atoms with Gasteiger partial charge in [-0.2, -0.15) is 13.1 Å². The first-order valence-corrected chi connectivity index (χ1v) is 5.96. The number of carboxylic acids is 1. The molecule has 0 unspecified atom stereocenters. The van der Waals surface area contributed by atoms with Crippen molar-refractivity contribution < 1.29 is 23.4 Å². The Balaban J connectivity index is 4.46. The van der Waals surface area contributed by atoms with Crippen molar-refractivity contribution in [1.82, 2.24) is 9.44 Å². The van der Waals surface area contributed by atoms with Crippen LogP contribution in [0.1, 0.15) is 20.3 Å².